The van der Waals surface area contributed by atoms with E-state index in [0.29, 0.717) is 17.7 Å². The number of hydrogen-bond donors (Lipinski definition) is 2. The smallest absolute Gasteiger partial charge is 0.201 e. The van der Waals surface area contributed by atoms with Crippen LogP contribution >= 0.6 is 0 Å². The number of fused-ring (bicyclic) bond motifs is 1. The van der Waals surface area contributed by atoms with E-state index < -0.39 is 0 Å². The minimum atomic E-state index is 0.168. The van der Waals surface area contributed by atoms with E-state index in [-0.39, 0.29) is 5.88 Å². The summed E-state index contributed by atoms with van der Waals surface area (Å²) in [6, 6.07) is 3.63. The van der Waals surface area contributed by atoms with E-state index in [2.05, 4.69) is 4.90 Å². The summed E-state index contributed by atoms with van der Waals surface area (Å²) in [6.07, 6.45) is 1.84. The summed E-state index contributed by atoms with van der Waals surface area (Å²) in [6.45, 7) is 4.96. The summed E-state index contributed by atoms with van der Waals surface area (Å²) in [7, 11) is 1.78. The Hall–Kier alpha value is -1.92. The fraction of sp³-hybridized carbons (Fsp3) is 0.467. The van der Waals surface area contributed by atoms with Gasteiger partial charge in [0.15, 0.2) is 0 Å². The van der Waals surface area contributed by atoms with Gasteiger partial charge in [0.1, 0.15) is 12.4 Å². The monoisotopic (exact) mass is 291 g/mol. The van der Waals surface area contributed by atoms with Crippen LogP contribution in [0.3, 0.4) is 0 Å². The summed E-state index contributed by atoms with van der Waals surface area (Å²) in [5.41, 5.74) is 6.49. The average molecular weight is 291 g/mol. The van der Waals surface area contributed by atoms with Crippen molar-refractivity contribution in [2.75, 3.05) is 45.2 Å². The van der Waals surface area contributed by atoms with Crippen LogP contribution in [0, 0.1) is 0 Å². The average Bonchev–Trinajstić information content (AvgIpc) is 2.79. The molecule has 1 fully saturated rings. The molecule has 1 aromatic heterocycles. The lowest BCUT2D eigenvalue weighted by Gasteiger charge is -2.26. The van der Waals surface area contributed by atoms with Gasteiger partial charge in [0.05, 0.1) is 18.6 Å². The molecule has 2 aromatic rings. The van der Waals surface area contributed by atoms with Crippen molar-refractivity contribution in [2.24, 2.45) is 7.05 Å². The second-order valence-electron chi connectivity index (χ2n) is 5.31. The Morgan fingerprint density at radius 3 is 2.86 bits per heavy atom. The molecule has 21 heavy (non-hydrogen) atoms. The maximum absolute atomic E-state index is 10.0. The molecule has 3 rings (SSSR count). The summed E-state index contributed by atoms with van der Waals surface area (Å²) < 4.78 is 12.9. The van der Waals surface area contributed by atoms with Crippen molar-refractivity contribution in [1.82, 2.24) is 9.47 Å². The van der Waals surface area contributed by atoms with Crippen molar-refractivity contribution < 1.29 is 14.6 Å². The lowest BCUT2D eigenvalue weighted by molar-refractivity contribution is 0.0323. The number of nitrogens with two attached hydrogens (primary N) is 1. The number of aryl methyl sites for hydroxylation is 1. The molecule has 0 radical (unpaired) electrons. The normalized spacial score (nSPS) is 16.4. The number of rotatable bonds is 4. The van der Waals surface area contributed by atoms with E-state index in [1.807, 2.05) is 12.3 Å². The number of aromatic hydroxyl groups is 1. The first-order valence-electron chi connectivity index (χ1n) is 7.16. The molecule has 1 saturated heterocycles. The molecule has 0 atom stereocenters. The molecule has 6 nitrogen and oxygen atoms in total. The van der Waals surface area contributed by atoms with Crippen LogP contribution in [0.4, 0.5) is 5.69 Å². The first kappa shape index (κ1) is 14.0. The molecule has 0 aliphatic carbocycles. The molecule has 114 valence electrons. The zero-order chi connectivity index (χ0) is 14.8. The minimum absolute atomic E-state index is 0.168. The molecule has 2 heterocycles. The molecule has 6 heteroatoms. The second kappa shape index (κ2) is 5.83. The fourth-order valence-corrected chi connectivity index (χ4v) is 2.66. The zero-order valence-corrected chi connectivity index (χ0v) is 12.2. The SMILES string of the molecule is Cn1cc2c(OCCN3CCOCC3)ccc(N)c2c1O. The van der Waals surface area contributed by atoms with Gasteiger partial charge in [-0.2, -0.15) is 0 Å². The Bertz CT molecular complexity index is 633. The van der Waals surface area contributed by atoms with Gasteiger partial charge in [-0.05, 0) is 12.1 Å². The largest absolute Gasteiger partial charge is 0.494 e. The van der Waals surface area contributed by atoms with Crippen LogP contribution in [0.1, 0.15) is 0 Å². The molecule has 1 aromatic carbocycles. The highest BCUT2D eigenvalue weighted by Crippen LogP contribution is 2.37. The Morgan fingerprint density at radius 1 is 1.33 bits per heavy atom. The van der Waals surface area contributed by atoms with Gasteiger partial charge in [-0.15, -0.1) is 0 Å². The molecule has 1 aliphatic rings. The maximum atomic E-state index is 10.0. The lowest BCUT2D eigenvalue weighted by Crippen LogP contribution is -2.38. The van der Waals surface area contributed by atoms with Gasteiger partial charge in [0.25, 0.3) is 0 Å². The second-order valence-corrected chi connectivity index (χ2v) is 5.31. The van der Waals surface area contributed by atoms with Gasteiger partial charge in [0.2, 0.25) is 5.88 Å². The first-order valence-corrected chi connectivity index (χ1v) is 7.16. The van der Waals surface area contributed by atoms with Crippen LogP contribution in [0.15, 0.2) is 18.3 Å². The third-order valence-electron chi connectivity index (χ3n) is 3.89. The molecule has 0 saturated carbocycles. The van der Waals surface area contributed by atoms with Crippen molar-refractivity contribution in [3.8, 4) is 11.6 Å². The molecule has 0 amide bonds. The van der Waals surface area contributed by atoms with Crippen LogP contribution in [-0.4, -0.2) is 54.0 Å². The quantitative estimate of drug-likeness (QED) is 0.828. The van der Waals surface area contributed by atoms with Crippen molar-refractivity contribution >= 4 is 16.5 Å². The van der Waals surface area contributed by atoms with Crippen molar-refractivity contribution in [3.05, 3.63) is 18.3 Å². The highest BCUT2D eigenvalue weighted by molar-refractivity contribution is 6.01. The number of nitrogen functional groups attached to an aromatic ring is 1. The van der Waals surface area contributed by atoms with E-state index in [1.54, 1.807) is 17.7 Å². The number of ether oxygens (including phenoxy) is 2. The third kappa shape index (κ3) is 2.77. The standard InChI is InChI=1S/C15H21N3O3/c1-17-10-11-13(3-2-12(16)14(11)15(17)19)21-9-6-18-4-7-20-8-5-18/h2-3,10,19H,4-9,16H2,1H3. The molecular formula is C15H21N3O3. The zero-order valence-electron chi connectivity index (χ0n) is 12.2. The van der Waals surface area contributed by atoms with Gasteiger partial charge >= 0.3 is 0 Å². The highest BCUT2D eigenvalue weighted by atomic mass is 16.5. The number of hydrogen-bond acceptors (Lipinski definition) is 5. The maximum Gasteiger partial charge on any atom is 0.201 e. The van der Waals surface area contributed by atoms with Gasteiger partial charge in [0, 0.05) is 44.0 Å². The van der Waals surface area contributed by atoms with E-state index in [0.717, 1.165) is 44.0 Å². The molecule has 3 N–H and O–H groups in total. The summed E-state index contributed by atoms with van der Waals surface area (Å²) in [4.78, 5) is 2.32. The van der Waals surface area contributed by atoms with Gasteiger partial charge in [-0.25, -0.2) is 0 Å². The van der Waals surface area contributed by atoms with Gasteiger partial charge in [-0.3, -0.25) is 4.90 Å². The van der Waals surface area contributed by atoms with E-state index in [1.165, 1.54) is 0 Å². The minimum Gasteiger partial charge on any atom is -0.494 e. The van der Waals surface area contributed by atoms with Crippen LogP contribution in [0.25, 0.3) is 10.8 Å². The lowest BCUT2D eigenvalue weighted by atomic mass is 10.1. The van der Waals surface area contributed by atoms with E-state index in [4.69, 9.17) is 15.2 Å². The summed E-state index contributed by atoms with van der Waals surface area (Å²) in [5.74, 6) is 0.921. The van der Waals surface area contributed by atoms with Crippen molar-refractivity contribution in [1.29, 1.82) is 0 Å². The number of nitrogens with zero attached hydrogens (tertiary/aromatic N) is 2. The van der Waals surface area contributed by atoms with Gasteiger partial charge in [-0.1, -0.05) is 0 Å². The van der Waals surface area contributed by atoms with Crippen molar-refractivity contribution in [3.63, 3.8) is 0 Å². The summed E-state index contributed by atoms with van der Waals surface area (Å²) >= 11 is 0. The Balaban J connectivity index is 1.72. The molecule has 0 unspecified atom stereocenters. The van der Waals surface area contributed by atoms with E-state index in [9.17, 15) is 5.11 Å². The fourth-order valence-electron chi connectivity index (χ4n) is 2.66. The predicted molar refractivity (Wildman–Crippen MR) is 81.8 cm³/mol. The molecule has 1 aliphatic heterocycles. The number of benzene rings is 1. The Kier molecular flexibility index (Phi) is 3.90. The molecule has 0 spiro atoms. The van der Waals surface area contributed by atoms with Crippen LogP contribution in [0.5, 0.6) is 11.6 Å². The van der Waals surface area contributed by atoms with Crippen LogP contribution < -0.4 is 10.5 Å². The summed E-state index contributed by atoms with van der Waals surface area (Å²) in [5, 5.41) is 11.5. The highest BCUT2D eigenvalue weighted by Gasteiger charge is 2.14. The Labute approximate surface area is 123 Å². The molecular weight excluding hydrogens is 270 g/mol. The number of aromatic nitrogens is 1. The first-order chi connectivity index (χ1) is 10.2. The number of anilines is 1. The van der Waals surface area contributed by atoms with Crippen LogP contribution in [0.2, 0.25) is 0 Å². The predicted octanol–water partition coefficient (Wildman–Crippen LogP) is 1.18. The Morgan fingerprint density at radius 2 is 2.10 bits per heavy atom. The van der Waals surface area contributed by atoms with E-state index >= 15 is 0 Å². The van der Waals surface area contributed by atoms with Crippen molar-refractivity contribution in [2.45, 2.75) is 0 Å². The molecule has 0 bridgehead atoms. The number of morpholine rings is 1. The third-order valence-corrected chi connectivity index (χ3v) is 3.89. The van der Waals surface area contributed by atoms with Gasteiger partial charge < -0.3 is 24.9 Å². The topological polar surface area (TPSA) is 72.9 Å². The van der Waals surface area contributed by atoms with Crippen LogP contribution in [-0.2, 0) is 11.8 Å².